The highest BCUT2D eigenvalue weighted by molar-refractivity contribution is 5.72. The second kappa shape index (κ2) is 7.51. The Bertz CT molecular complexity index is 427. The van der Waals surface area contributed by atoms with E-state index in [2.05, 4.69) is 5.32 Å². The van der Waals surface area contributed by atoms with Gasteiger partial charge in [-0.25, -0.2) is 4.79 Å². The maximum atomic E-state index is 11.9. The maximum Gasteiger partial charge on any atom is 0.410 e. The smallest absolute Gasteiger partial charge is 0.410 e. The number of hydrogen-bond donors (Lipinski definition) is 1. The van der Waals surface area contributed by atoms with Crippen molar-refractivity contribution in [1.29, 1.82) is 0 Å². The normalized spacial score (nSPS) is 25.7. The molecule has 1 aliphatic carbocycles. The van der Waals surface area contributed by atoms with Crippen molar-refractivity contribution in [2.75, 3.05) is 19.7 Å². The SMILES string of the molecule is CCOC(=O)C1CCCC(NC2CN(C(=O)OC(C)(C)C)C2)C1. The molecule has 2 rings (SSSR count). The molecule has 132 valence electrons. The van der Waals surface area contributed by atoms with E-state index in [9.17, 15) is 9.59 Å². The zero-order chi connectivity index (χ0) is 17.0. The lowest BCUT2D eigenvalue weighted by atomic mass is 9.85. The van der Waals surface area contributed by atoms with E-state index in [-0.39, 0.29) is 18.0 Å². The van der Waals surface area contributed by atoms with Gasteiger partial charge < -0.3 is 19.7 Å². The Hall–Kier alpha value is -1.30. The quantitative estimate of drug-likeness (QED) is 0.803. The molecule has 0 radical (unpaired) electrons. The van der Waals surface area contributed by atoms with Gasteiger partial charge in [-0.1, -0.05) is 6.42 Å². The second-order valence-electron chi connectivity index (χ2n) is 7.56. The summed E-state index contributed by atoms with van der Waals surface area (Å²) in [6.45, 7) is 9.26. The van der Waals surface area contributed by atoms with Crippen molar-refractivity contribution in [2.24, 2.45) is 5.92 Å². The van der Waals surface area contributed by atoms with E-state index < -0.39 is 5.60 Å². The fraction of sp³-hybridized carbons (Fsp3) is 0.882. The van der Waals surface area contributed by atoms with Crippen molar-refractivity contribution in [3.63, 3.8) is 0 Å². The second-order valence-corrected chi connectivity index (χ2v) is 7.56. The van der Waals surface area contributed by atoms with Gasteiger partial charge in [0.05, 0.1) is 12.5 Å². The molecule has 0 aromatic rings. The molecule has 2 aliphatic rings. The molecular formula is C17H30N2O4. The van der Waals surface area contributed by atoms with E-state index in [1.807, 2.05) is 27.7 Å². The lowest BCUT2D eigenvalue weighted by Gasteiger charge is -2.42. The Labute approximate surface area is 138 Å². The van der Waals surface area contributed by atoms with Crippen LogP contribution in [0.3, 0.4) is 0 Å². The molecule has 0 aromatic heterocycles. The van der Waals surface area contributed by atoms with Crippen LogP contribution < -0.4 is 5.32 Å². The molecule has 6 heteroatoms. The monoisotopic (exact) mass is 326 g/mol. The van der Waals surface area contributed by atoms with E-state index >= 15 is 0 Å². The first kappa shape index (κ1) is 18.0. The van der Waals surface area contributed by atoms with Gasteiger partial charge in [0, 0.05) is 25.2 Å². The molecule has 0 spiro atoms. The topological polar surface area (TPSA) is 67.9 Å². The molecule has 1 N–H and O–H groups in total. The molecule has 6 nitrogen and oxygen atoms in total. The Morgan fingerprint density at radius 2 is 1.87 bits per heavy atom. The Balaban J connectivity index is 1.71. The van der Waals surface area contributed by atoms with E-state index in [0.29, 0.717) is 31.8 Å². The molecule has 1 heterocycles. The number of esters is 1. The summed E-state index contributed by atoms with van der Waals surface area (Å²) in [4.78, 5) is 25.5. The molecule has 1 aliphatic heterocycles. The van der Waals surface area contributed by atoms with Gasteiger partial charge in [-0.15, -0.1) is 0 Å². The van der Waals surface area contributed by atoms with E-state index in [0.717, 1.165) is 25.7 Å². The lowest BCUT2D eigenvalue weighted by Crippen LogP contribution is -2.62. The summed E-state index contributed by atoms with van der Waals surface area (Å²) in [5.74, 6) is -0.0498. The lowest BCUT2D eigenvalue weighted by molar-refractivity contribution is -0.149. The molecule has 0 aromatic carbocycles. The first-order chi connectivity index (χ1) is 10.8. The van der Waals surface area contributed by atoms with Gasteiger partial charge in [0.25, 0.3) is 0 Å². The highest BCUT2D eigenvalue weighted by Crippen LogP contribution is 2.26. The van der Waals surface area contributed by atoms with Crippen LogP contribution in [0.4, 0.5) is 4.79 Å². The number of nitrogens with one attached hydrogen (secondary N) is 1. The zero-order valence-corrected chi connectivity index (χ0v) is 14.8. The predicted molar refractivity (Wildman–Crippen MR) is 87.1 cm³/mol. The predicted octanol–water partition coefficient (Wildman–Crippen LogP) is 2.32. The summed E-state index contributed by atoms with van der Waals surface area (Å²) in [6.07, 6.45) is 3.64. The number of ether oxygens (including phenoxy) is 2. The average molecular weight is 326 g/mol. The molecule has 2 unspecified atom stereocenters. The number of carbonyl (C=O) groups is 2. The fourth-order valence-electron chi connectivity index (χ4n) is 3.21. The number of carbonyl (C=O) groups excluding carboxylic acids is 2. The first-order valence-electron chi connectivity index (χ1n) is 8.69. The minimum absolute atomic E-state index is 0.0169. The van der Waals surface area contributed by atoms with Crippen LogP contribution in [0, 0.1) is 5.92 Å². The van der Waals surface area contributed by atoms with E-state index in [1.165, 1.54) is 0 Å². The van der Waals surface area contributed by atoms with E-state index in [1.54, 1.807) is 4.90 Å². The number of hydrogen-bond acceptors (Lipinski definition) is 5. The summed E-state index contributed by atoms with van der Waals surface area (Å²) in [7, 11) is 0. The van der Waals surface area contributed by atoms with Crippen LogP contribution >= 0.6 is 0 Å². The standard InChI is InChI=1S/C17H30N2O4/c1-5-22-15(20)12-7-6-8-13(9-12)18-14-10-19(11-14)16(21)23-17(2,3)4/h12-14,18H,5-11H2,1-4H3. The molecule has 23 heavy (non-hydrogen) atoms. The molecule has 1 saturated heterocycles. The Morgan fingerprint density at radius 1 is 1.17 bits per heavy atom. The van der Waals surface area contributed by atoms with Crippen LogP contribution in [0.15, 0.2) is 0 Å². The third-order valence-electron chi connectivity index (χ3n) is 4.30. The van der Waals surface area contributed by atoms with Crippen LogP contribution in [-0.2, 0) is 14.3 Å². The van der Waals surface area contributed by atoms with Crippen LogP contribution in [0.25, 0.3) is 0 Å². The van der Waals surface area contributed by atoms with Gasteiger partial charge in [0.15, 0.2) is 0 Å². The average Bonchev–Trinajstić information content (AvgIpc) is 2.41. The third-order valence-corrected chi connectivity index (χ3v) is 4.30. The summed E-state index contributed by atoms with van der Waals surface area (Å²) in [6, 6.07) is 0.636. The highest BCUT2D eigenvalue weighted by Gasteiger charge is 2.36. The number of nitrogens with zero attached hydrogens (tertiary/aromatic N) is 1. The van der Waals surface area contributed by atoms with Gasteiger partial charge in [-0.3, -0.25) is 4.79 Å². The summed E-state index contributed by atoms with van der Waals surface area (Å²) in [5, 5.41) is 3.57. The molecule has 2 atom stereocenters. The molecule has 0 bridgehead atoms. The Morgan fingerprint density at radius 3 is 2.48 bits per heavy atom. The number of likely N-dealkylation sites (tertiary alicyclic amines) is 1. The number of amides is 1. The molecule has 1 saturated carbocycles. The van der Waals surface area contributed by atoms with Crippen LogP contribution in [0.2, 0.25) is 0 Å². The summed E-state index contributed by atoms with van der Waals surface area (Å²) in [5.41, 5.74) is -0.453. The molecule has 2 fully saturated rings. The van der Waals surface area contributed by atoms with Crippen molar-refractivity contribution in [2.45, 2.75) is 71.1 Å². The van der Waals surface area contributed by atoms with Gasteiger partial charge >= 0.3 is 12.1 Å². The third kappa shape index (κ3) is 5.37. The largest absolute Gasteiger partial charge is 0.466 e. The maximum absolute atomic E-state index is 11.9. The molecule has 1 amide bonds. The van der Waals surface area contributed by atoms with E-state index in [4.69, 9.17) is 9.47 Å². The van der Waals surface area contributed by atoms with Crippen LogP contribution in [0.5, 0.6) is 0 Å². The van der Waals surface area contributed by atoms with Crippen molar-refractivity contribution < 1.29 is 19.1 Å². The van der Waals surface area contributed by atoms with Crippen molar-refractivity contribution in [3.8, 4) is 0 Å². The molecular weight excluding hydrogens is 296 g/mol. The van der Waals surface area contributed by atoms with Crippen LogP contribution in [-0.4, -0.2) is 54.3 Å². The van der Waals surface area contributed by atoms with Gasteiger partial charge in [0.1, 0.15) is 5.60 Å². The first-order valence-corrected chi connectivity index (χ1v) is 8.69. The van der Waals surface area contributed by atoms with Crippen molar-refractivity contribution in [3.05, 3.63) is 0 Å². The van der Waals surface area contributed by atoms with Crippen molar-refractivity contribution >= 4 is 12.1 Å². The van der Waals surface area contributed by atoms with Gasteiger partial charge in [-0.05, 0) is 47.0 Å². The zero-order valence-electron chi connectivity index (χ0n) is 14.8. The summed E-state index contributed by atoms with van der Waals surface area (Å²) < 4.78 is 10.5. The highest BCUT2D eigenvalue weighted by atomic mass is 16.6. The fourth-order valence-corrected chi connectivity index (χ4v) is 3.21. The van der Waals surface area contributed by atoms with Gasteiger partial charge in [0.2, 0.25) is 0 Å². The Kier molecular flexibility index (Phi) is 5.89. The minimum Gasteiger partial charge on any atom is -0.466 e. The number of rotatable bonds is 4. The summed E-state index contributed by atoms with van der Waals surface area (Å²) >= 11 is 0. The minimum atomic E-state index is -0.453. The van der Waals surface area contributed by atoms with Crippen LogP contribution in [0.1, 0.15) is 53.4 Å². The van der Waals surface area contributed by atoms with Crippen molar-refractivity contribution in [1.82, 2.24) is 10.2 Å². The van der Waals surface area contributed by atoms with Gasteiger partial charge in [-0.2, -0.15) is 0 Å².